The van der Waals surface area contributed by atoms with Gasteiger partial charge in [0.05, 0.1) is 6.10 Å². The van der Waals surface area contributed by atoms with Crippen LogP contribution in [0, 0.1) is 17.7 Å². The number of aliphatic carboxylic acids is 1. The summed E-state index contributed by atoms with van der Waals surface area (Å²) in [7, 11) is 0. The molecule has 1 aromatic carbocycles. The molecule has 1 aromatic rings. The van der Waals surface area contributed by atoms with E-state index in [-0.39, 0.29) is 24.8 Å². The third kappa shape index (κ3) is 6.46. The molecule has 3 N–H and O–H groups in total. The van der Waals surface area contributed by atoms with Gasteiger partial charge in [-0.3, -0.25) is 4.79 Å². The van der Waals surface area contributed by atoms with Gasteiger partial charge in [-0.05, 0) is 50.2 Å². The topological polar surface area (TPSA) is 87.0 Å². The molecule has 1 saturated heterocycles. The number of aliphatic hydroxyl groups is 2. The molecule has 2 aliphatic rings. The summed E-state index contributed by atoms with van der Waals surface area (Å²) in [6, 6.07) is 5.79. The molecule has 1 saturated carbocycles. The van der Waals surface area contributed by atoms with E-state index in [9.17, 15) is 19.4 Å². The van der Waals surface area contributed by atoms with Crippen molar-refractivity contribution in [2.45, 2.75) is 61.2 Å². The Hall–Kier alpha value is -1.57. The van der Waals surface area contributed by atoms with Crippen molar-refractivity contribution in [1.82, 2.24) is 0 Å². The van der Waals surface area contributed by atoms with Crippen molar-refractivity contribution in [3.63, 3.8) is 0 Å². The van der Waals surface area contributed by atoms with E-state index in [2.05, 4.69) is 0 Å². The fraction of sp³-hybridized carbons (Fsp3) is 0.591. The molecule has 1 aliphatic heterocycles. The monoisotopic (exact) mass is 424 g/mol. The van der Waals surface area contributed by atoms with E-state index in [4.69, 9.17) is 9.84 Å². The second kappa shape index (κ2) is 10.5. The van der Waals surface area contributed by atoms with E-state index in [0.717, 1.165) is 25.7 Å². The fourth-order valence-corrected chi connectivity index (χ4v) is 6.24. The molecule has 6 atom stereocenters. The van der Waals surface area contributed by atoms with Crippen LogP contribution >= 0.6 is 11.8 Å². The first-order valence-corrected chi connectivity index (χ1v) is 11.2. The van der Waals surface area contributed by atoms with Crippen LogP contribution in [0.2, 0.25) is 0 Å². The lowest BCUT2D eigenvalue weighted by molar-refractivity contribution is -0.137. The number of hydrogen-bond donors (Lipinski definition) is 3. The summed E-state index contributed by atoms with van der Waals surface area (Å²) in [5.74, 6) is -0.375. The minimum atomic E-state index is -0.829. The van der Waals surface area contributed by atoms with Gasteiger partial charge >= 0.3 is 5.97 Å². The maximum absolute atomic E-state index is 13.2. The van der Waals surface area contributed by atoms with Gasteiger partial charge in [-0.15, -0.1) is 0 Å². The average molecular weight is 425 g/mol. The fourth-order valence-electron chi connectivity index (χ4n) is 4.35. The molecular weight excluding hydrogens is 395 g/mol. The lowest BCUT2D eigenvalue weighted by Crippen LogP contribution is -2.27. The van der Waals surface area contributed by atoms with Gasteiger partial charge in [0.15, 0.2) is 0 Å². The highest BCUT2D eigenvalue weighted by atomic mass is 32.2. The molecule has 1 aliphatic carbocycles. The molecular formula is C22H29FO5S. The van der Waals surface area contributed by atoms with Gasteiger partial charge < -0.3 is 20.1 Å². The maximum Gasteiger partial charge on any atom is 0.303 e. The third-order valence-electron chi connectivity index (χ3n) is 5.77. The number of fused-ring (bicyclic) bond motifs is 1. The van der Waals surface area contributed by atoms with Crippen LogP contribution in [0.15, 0.2) is 36.4 Å². The second-order valence-electron chi connectivity index (χ2n) is 7.92. The normalized spacial score (nSPS) is 30.2. The summed E-state index contributed by atoms with van der Waals surface area (Å²) in [5.41, 5.74) is 0. The van der Waals surface area contributed by atoms with Crippen LogP contribution in [0.5, 0.6) is 5.75 Å². The molecule has 0 spiro atoms. The summed E-state index contributed by atoms with van der Waals surface area (Å²) in [6.07, 6.45) is 6.92. The first-order chi connectivity index (χ1) is 13.9. The van der Waals surface area contributed by atoms with Crippen molar-refractivity contribution in [3.05, 3.63) is 42.2 Å². The number of thioether (sulfide) groups is 1. The number of carboxylic acid groups (broad SMARTS) is 1. The maximum atomic E-state index is 13.2. The van der Waals surface area contributed by atoms with Crippen LogP contribution in [0.1, 0.15) is 38.5 Å². The number of halogens is 1. The Balaban J connectivity index is 1.46. The highest BCUT2D eigenvalue weighted by Crippen LogP contribution is 2.49. The van der Waals surface area contributed by atoms with Crippen LogP contribution in [0.4, 0.5) is 4.39 Å². The van der Waals surface area contributed by atoms with Crippen LogP contribution < -0.4 is 4.74 Å². The number of carboxylic acids is 1. The molecule has 2 fully saturated rings. The minimum Gasteiger partial charge on any atom is -0.490 e. The summed E-state index contributed by atoms with van der Waals surface area (Å²) in [4.78, 5) is 10.7. The smallest absolute Gasteiger partial charge is 0.303 e. The largest absolute Gasteiger partial charge is 0.490 e. The average Bonchev–Trinajstić information content (AvgIpc) is 2.99. The number of benzene rings is 1. The number of ether oxygens (including phenoxy) is 1. The Morgan fingerprint density at radius 1 is 1.38 bits per heavy atom. The van der Waals surface area contributed by atoms with Gasteiger partial charge in [0.2, 0.25) is 0 Å². The van der Waals surface area contributed by atoms with Crippen molar-refractivity contribution in [1.29, 1.82) is 0 Å². The SMILES string of the molecule is O=C(O)CCC[C@H]1CC[C@@H]2[C@@H](/C=C/[C@@H](O)COc3cccc(F)c3)[C@H](O)C[C@@H]2S1. The van der Waals surface area contributed by atoms with Gasteiger partial charge in [0.1, 0.15) is 24.3 Å². The molecule has 29 heavy (non-hydrogen) atoms. The Morgan fingerprint density at radius 2 is 2.21 bits per heavy atom. The van der Waals surface area contributed by atoms with Crippen LogP contribution in [0.25, 0.3) is 0 Å². The Labute approximate surface area is 175 Å². The molecule has 0 bridgehead atoms. The van der Waals surface area contributed by atoms with Crippen molar-refractivity contribution < 1.29 is 29.2 Å². The zero-order valence-electron chi connectivity index (χ0n) is 16.3. The van der Waals surface area contributed by atoms with E-state index in [1.54, 1.807) is 18.2 Å². The molecule has 7 heteroatoms. The highest BCUT2D eigenvalue weighted by Gasteiger charge is 2.44. The van der Waals surface area contributed by atoms with E-state index in [1.807, 2.05) is 17.8 Å². The summed E-state index contributed by atoms with van der Waals surface area (Å²) < 4.78 is 18.6. The van der Waals surface area contributed by atoms with Gasteiger partial charge in [-0.1, -0.05) is 18.2 Å². The Bertz CT molecular complexity index is 712. The number of carbonyl (C=O) groups is 1. The molecule has 0 radical (unpaired) electrons. The van der Waals surface area contributed by atoms with Gasteiger partial charge in [0.25, 0.3) is 0 Å². The van der Waals surface area contributed by atoms with Gasteiger partial charge in [-0.2, -0.15) is 11.8 Å². The molecule has 0 unspecified atom stereocenters. The van der Waals surface area contributed by atoms with Gasteiger partial charge in [-0.25, -0.2) is 4.39 Å². The molecule has 0 aromatic heterocycles. The van der Waals surface area contributed by atoms with Crippen LogP contribution in [-0.4, -0.2) is 50.6 Å². The van der Waals surface area contributed by atoms with Crippen molar-refractivity contribution in [2.24, 2.45) is 11.8 Å². The van der Waals surface area contributed by atoms with E-state index >= 15 is 0 Å². The predicted molar refractivity (Wildman–Crippen MR) is 111 cm³/mol. The summed E-state index contributed by atoms with van der Waals surface area (Å²) in [6.45, 7) is 0.0251. The Morgan fingerprint density at radius 3 is 2.97 bits per heavy atom. The van der Waals surface area contributed by atoms with Crippen LogP contribution in [-0.2, 0) is 4.79 Å². The standard InChI is InChI=1S/C22H29FO5S/c23-14-3-1-4-16(11-14)28-13-15(24)7-9-18-19-10-8-17(5-2-6-22(26)27)29-21(19)12-20(18)25/h1,3-4,7,9,11,15,17-21,24-25H,2,5-6,8,10,12-13H2,(H,26,27)/b9-7+/t15-,17+,18-,19-,20-,21+/m1/s1. The van der Waals surface area contributed by atoms with Crippen molar-refractivity contribution >= 4 is 17.7 Å². The quantitative estimate of drug-likeness (QED) is 0.525. The molecule has 1 heterocycles. The van der Waals surface area contributed by atoms with Crippen LogP contribution in [0.3, 0.4) is 0 Å². The van der Waals surface area contributed by atoms with Crippen molar-refractivity contribution in [3.8, 4) is 5.75 Å². The van der Waals surface area contributed by atoms with Gasteiger partial charge in [0, 0.05) is 28.9 Å². The Kier molecular flexibility index (Phi) is 7.98. The first kappa shape index (κ1) is 22.1. The summed E-state index contributed by atoms with van der Waals surface area (Å²) >= 11 is 1.89. The molecule has 5 nitrogen and oxygen atoms in total. The van der Waals surface area contributed by atoms with Crippen molar-refractivity contribution in [2.75, 3.05) is 6.61 Å². The number of rotatable bonds is 9. The lowest BCUT2D eigenvalue weighted by atomic mass is 9.88. The molecule has 3 rings (SSSR count). The zero-order chi connectivity index (χ0) is 20.8. The molecule has 0 amide bonds. The predicted octanol–water partition coefficient (Wildman–Crippen LogP) is 3.64. The van der Waals surface area contributed by atoms with E-state index in [1.165, 1.54) is 12.1 Å². The first-order valence-electron chi connectivity index (χ1n) is 10.2. The third-order valence-corrected chi connectivity index (χ3v) is 7.52. The number of hydrogen-bond acceptors (Lipinski definition) is 5. The minimum absolute atomic E-state index is 0.0105. The number of aliphatic hydroxyl groups excluding tert-OH is 2. The molecule has 160 valence electrons. The van der Waals surface area contributed by atoms with E-state index < -0.39 is 18.2 Å². The second-order valence-corrected chi connectivity index (χ2v) is 9.47. The highest BCUT2D eigenvalue weighted by molar-refractivity contribution is 8.00. The lowest BCUT2D eigenvalue weighted by Gasteiger charge is -2.33. The zero-order valence-corrected chi connectivity index (χ0v) is 17.1. The van der Waals surface area contributed by atoms with E-state index in [0.29, 0.717) is 28.6 Å². The summed E-state index contributed by atoms with van der Waals surface area (Å²) in [5, 5.41) is 30.3.